The first kappa shape index (κ1) is 19.2. The Morgan fingerprint density at radius 3 is 2.39 bits per heavy atom. The van der Waals surface area contributed by atoms with Crippen LogP contribution in [0.15, 0.2) is 67.4 Å². The van der Waals surface area contributed by atoms with Gasteiger partial charge in [0.2, 0.25) is 5.82 Å². The number of nitrogens with one attached hydrogen (secondary N) is 2. The molecule has 0 aliphatic heterocycles. The van der Waals surface area contributed by atoms with Crippen LogP contribution in [0.25, 0.3) is 11.1 Å². The normalized spacial score (nSPS) is 11.1. The molecule has 2 aromatic heterocycles. The lowest BCUT2D eigenvalue weighted by atomic mass is 9.97. The van der Waals surface area contributed by atoms with Crippen molar-refractivity contribution in [1.29, 1.82) is 5.41 Å². The van der Waals surface area contributed by atoms with Crippen LogP contribution in [0.1, 0.15) is 17.0 Å². The molecule has 5 nitrogen and oxygen atoms in total. The van der Waals surface area contributed by atoms with Crippen LogP contribution in [-0.2, 0) is 6.18 Å². The van der Waals surface area contributed by atoms with Crippen LogP contribution in [0, 0.1) is 12.3 Å². The van der Waals surface area contributed by atoms with Gasteiger partial charge < -0.3 is 5.32 Å². The number of hydrogen-bond acceptors (Lipinski definition) is 5. The first-order chi connectivity index (χ1) is 13.3. The number of aromatic nitrogens is 3. The number of pyridine rings is 1. The summed E-state index contributed by atoms with van der Waals surface area (Å²) in [6.45, 7) is 5.68. The molecule has 142 valence electrons. The number of aryl methyl sites for hydroxylation is 1. The van der Waals surface area contributed by atoms with Crippen LogP contribution in [0.2, 0.25) is 0 Å². The average Bonchev–Trinajstić information content (AvgIpc) is 2.68. The highest BCUT2D eigenvalue weighted by atomic mass is 19.4. The topological polar surface area (TPSA) is 74.6 Å². The zero-order valence-electron chi connectivity index (χ0n) is 14.9. The van der Waals surface area contributed by atoms with E-state index in [0.29, 0.717) is 5.56 Å². The molecule has 0 atom stereocenters. The maximum absolute atomic E-state index is 12.6. The Morgan fingerprint density at radius 2 is 1.79 bits per heavy atom. The fourth-order valence-electron chi connectivity index (χ4n) is 2.54. The molecule has 0 saturated carbocycles. The number of rotatable bonds is 5. The molecule has 2 N–H and O–H groups in total. The lowest BCUT2D eigenvalue weighted by Crippen LogP contribution is -2.14. The largest absolute Gasteiger partial charge is 0.451 e. The molecule has 28 heavy (non-hydrogen) atoms. The Bertz CT molecular complexity index is 1010. The minimum absolute atomic E-state index is 0.114. The second kappa shape index (κ2) is 7.59. The lowest BCUT2D eigenvalue weighted by Gasteiger charge is -2.14. The zero-order valence-corrected chi connectivity index (χ0v) is 14.9. The van der Waals surface area contributed by atoms with Crippen molar-refractivity contribution in [2.24, 2.45) is 0 Å². The number of benzene rings is 1. The molecule has 0 aliphatic carbocycles. The van der Waals surface area contributed by atoms with E-state index in [1.165, 1.54) is 0 Å². The second-order valence-corrected chi connectivity index (χ2v) is 6.04. The van der Waals surface area contributed by atoms with Gasteiger partial charge in [0.05, 0.1) is 29.5 Å². The number of alkyl halides is 3. The fourth-order valence-corrected chi connectivity index (χ4v) is 2.54. The quantitative estimate of drug-likeness (QED) is 0.617. The van der Waals surface area contributed by atoms with E-state index in [1.54, 1.807) is 12.4 Å². The molecule has 2 heterocycles. The third-order valence-electron chi connectivity index (χ3n) is 4.00. The van der Waals surface area contributed by atoms with Gasteiger partial charge in [-0.2, -0.15) is 13.2 Å². The van der Waals surface area contributed by atoms with Gasteiger partial charge in [-0.3, -0.25) is 10.4 Å². The van der Waals surface area contributed by atoms with Crippen molar-refractivity contribution >= 4 is 11.4 Å². The van der Waals surface area contributed by atoms with Crippen LogP contribution in [0.5, 0.6) is 0 Å². The summed E-state index contributed by atoms with van der Waals surface area (Å²) in [6, 6.07) is 9.41. The monoisotopic (exact) mass is 383 g/mol. The molecule has 0 saturated heterocycles. The van der Waals surface area contributed by atoms with E-state index in [-0.39, 0.29) is 17.1 Å². The van der Waals surface area contributed by atoms with E-state index in [9.17, 15) is 13.2 Å². The van der Waals surface area contributed by atoms with Gasteiger partial charge in [-0.1, -0.05) is 24.8 Å². The van der Waals surface area contributed by atoms with Crippen molar-refractivity contribution in [2.75, 3.05) is 5.32 Å². The summed E-state index contributed by atoms with van der Waals surface area (Å²) in [5.74, 6) is -1.22. The summed E-state index contributed by atoms with van der Waals surface area (Å²) < 4.78 is 37.7. The van der Waals surface area contributed by atoms with Crippen LogP contribution in [0.4, 0.5) is 18.9 Å². The molecule has 3 aromatic rings. The maximum Gasteiger partial charge on any atom is 0.451 e. The first-order valence-electron chi connectivity index (χ1n) is 8.21. The highest BCUT2D eigenvalue weighted by Gasteiger charge is 2.34. The van der Waals surface area contributed by atoms with Gasteiger partial charge >= 0.3 is 6.18 Å². The van der Waals surface area contributed by atoms with E-state index in [4.69, 9.17) is 5.41 Å². The highest BCUT2D eigenvalue weighted by Crippen LogP contribution is 2.26. The number of hydrogen-bond donors (Lipinski definition) is 2. The Morgan fingerprint density at radius 1 is 1.07 bits per heavy atom. The van der Waals surface area contributed by atoms with Crippen molar-refractivity contribution in [2.45, 2.75) is 13.1 Å². The lowest BCUT2D eigenvalue weighted by molar-refractivity contribution is -0.144. The van der Waals surface area contributed by atoms with E-state index >= 15 is 0 Å². The van der Waals surface area contributed by atoms with Crippen molar-refractivity contribution in [1.82, 2.24) is 15.0 Å². The Labute approximate surface area is 159 Å². The van der Waals surface area contributed by atoms with Gasteiger partial charge in [0.25, 0.3) is 0 Å². The van der Waals surface area contributed by atoms with Crippen molar-refractivity contribution in [3.63, 3.8) is 0 Å². The third kappa shape index (κ3) is 4.22. The predicted molar refractivity (Wildman–Crippen MR) is 101 cm³/mol. The Hall–Kier alpha value is -3.55. The molecule has 1 aromatic carbocycles. The van der Waals surface area contributed by atoms with E-state index in [2.05, 4.69) is 26.8 Å². The average molecular weight is 383 g/mol. The number of nitrogens with zero attached hydrogens (tertiary/aromatic N) is 3. The van der Waals surface area contributed by atoms with Crippen LogP contribution in [-0.4, -0.2) is 20.7 Å². The molecular formula is C20H16F3N5. The Balaban J connectivity index is 1.81. The first-order valence-corrected chi connectivity index (χ1v) is 8.21. The van der Waals surface area contributed by atoms with Gasteiger partial charge in [-0.25, -0.2) is 9.97 Å². The van der Waals surface area contributed by atoms with Crippen LogP contribution < -0.4 is 5.32 Å². The number of anilines is 1. The third-order valence-corrected chi connectivity index (χ3v) is 4.00. The summed E-state index contributed by atoms with van der Waals surface area (Å²) in [6.07, 6.45) is 0.815. The standard InChI is InChI=1S/C20H16F3N5/c1-12-5-6-14(15-4-3-7-25-9-15)8-17(12)18(24)13(2)28-16-10-26-19(27-11-16)20(21,22)23/h3-11,24,28H,2H2,1H3. The highest BCUT2D eigenvalue weighted by molar-refractivity contribution is 6.13. The minimum atomic E-state index is -4.61. The van der Waals surface area contributed by atoms with Crippen molar-refractivity contribution < 1.29 is 13.2 Å². The molecular weight excluding hydrogens is 367 g/mol. The molecule has 0 spiro atoms. The summed E-state index contributed by atoms with van der Waals surface area (Å²) in [4.78, 5) is 10.7. The molecule has 0 amide bonds. The van der Waals surface area contributed by atoms with E-state index < -0.39 is 12.0 Å². The molecule has 0 unspecified atom stereocenters. The van der Waals surface area contributed by atoms with Crippen LogP contribution in [0.3, 0.4) is 0 Å². The second-order valence-electron chi connectivity index (χ2n) is 6.04. The summed E-state index contributed by atoms with van der Waals surface area (Å²) in [5.41, 5.74) is 3.85. The van der Waals surface area contributed by atoms with Gasteiger partial charge in [0.15, 0.2) is 0 Å². The van der Waals surface area contributed by atoms with Gasteiger partial charge in [0, 0.05) is 23.5 Å². The smallest absolute Gasteiger partial charge is 0.352 e. The van der Waals surface area contributed by atoms with Gasteiger partial charge in [-0.15, -0.1) is 0 Å². The molecule has 8 heteroatoms. The summed E-state index contributed by atoms with van der Waals surface area (Å²) in [7, 11) is 0. The van der Waals surface area contributed by atoms with Gasteiger partial charge in [-0.05, 0) is 30.2 Å². The fraction of sp³-hybridized carbons (Fsp3) is 0.100. The molecule has 0 fully saturated rings. The summed E-state index contributed by atoms with van der Waals surface area (Å²) >= 11 is 0. The Kier molecular flexibility index (Phi) is 5.21. The maximum atomic E-state index is 12.6. The van der Waals surface area contributed by atoms with Crippen molar-refractivity contribution in [3.05, 3.63) is 84.3 Å². The van der Waals surface area contributed by atoms with Crippen molar-refractivity contribution in [3.8, 4) is 11.1 Å². The summed E-state index contributed by atoms with van der Waals surface area (Å²) in [5, 5.41) is 11.2. The molecule has 3 rings (SSSR count). The SMILES string of the molecule is C=C(Nc1cnc(C(F)(F)F)nc1)C(=N)c1cc(-c2cccnc2)ccc1C. The molecule has 0 aliphatic rings. The molecule has 0 radical (unpaired) electrons. The molecule has 0 bridgehead atoms. The van der Waals surface area contributed by atoms with Gasteiger partial charge in [0.1, 0.15) is 0 Å². The van der Waals surface area contributed by atoms with Crippen LogP contribution >= 0.6 is 0 Å². The number of halogens is 3. The van der Waals surface area contributed by atoms with E-state index in [0.717, 1.165) is 29.1 Å². The number of allylic oxidation sites excluding steroid dienone is 1. The van der Waals surface area contributed by atoms with E-state index in [1.807, 2.05) is 37.3 Å². The predicted octanol–water partition coefficient (Wildman–Crippen LogP) is 4.86. The minimum Gasteiger partial charge on any atom is -0.352 e. The zero-order chi connectivity index (χ0) is 20.3.